The van der Waals surface area contributed by atoms with Gasteiger partial charge in [0.15, 0.2) is 0 Å². The van der Waals surface area contributed by atoms with Crippen LogP contribution in [0.3, 0.4) is 0 Å². The van der Waals surface area contributed by atoms with Gasteiger partial charge in [0, 0.05) is 15.3 Å². The van der Waals surface area contributed by atoms with Gasteiger partial charge in [0.2, 0.25) is 0 Å². The molecular formula is C6H7ClIN. The van der Waals surface area contributed by atoms with Gasteiger partial charge in [0.1, 0.15) is 5.15 Å². The van der Waals surface area contributed by atoms with E-state index < -0.39 is 0 Å². The maximum Gasteiger partial charge on any atom is 0.110 e. The fraction of sp³-hybridized carbons (Fsp3) is 0.333. The molecule has 0 bridgehead atoms. The monoisotopic (exact) mass is 255 g/mol. The molecule has 0 aromatic carbocycles. The van der Waals surface area contributed by atoms with Crippen LogP contribution in [-0.2, 0) is 6.42 Å². The quantitative estimate of drug-likeness (QED) is 0.743. The number of aromatic nitrogens is 1. The molecule has 50 valence electrons. The smallest absolute Gasteiger partial charge is 0.110 e. The minimum absolute atomic E-state index is 0.780. The number of halogens is 2. The molecular weight excluding hydrogens is 248 g/mol. The number of hydrogen-bond donors (Lipinski definition) is 1. The Morgan fingerprint density at radius 2 is 2.44 bits per heavy atom. The third kappa shape index (κ3) is 1.41. The second kappa shape index (κ2) is 2.92. The van der Waals surface area contributed by atoms with Crippen LogP contribution >= 0.6 is 34.2 Å². The van der Waals surface area contributed by atoms with E-state index in [1.807, 2.05) is 6.20 Å². The summed E-state index contributed by atoms with van der Waals surface area (Å²) in [5.74, 6) is 0. The van der Waals surface area contributed by atoms with Gasteiger partial charge in [0.25, 0.3) is 0 Å². The normalized spacial score (nSPS) is 10.1. The zero-order chi connectivity index (χ0) is 6.85. The summed E-state index contributed by atoms with van der Waals surface area (Å²) >= 11 is 8.05. The van der Waals surface area contributed by atoms with Crippen molar-refractivity contribution in [2.45, 2.75) is 13.3 Å². The standard InChI is InChI=1S/C6H7ClIN/c1-2-4-5(8)3-9-6(4)7/h3,9H,2H2,1H3. The molecule has 0 aliphatic carbocycles. The summed E-state index contributed by atoms with van der Waals surface area (Å²) in [5, 5.41) is 0.780. The van der Waals surface area contributed by atoms with Crippen molar-refractivity contribution in [1.82, 2.24) is 4.98 Å². The molecule has 0 unspecified atom stereocenters. The van der Waals surface area contributed by atoms with Crippen LogP contribution in [0.4, 0.5) is 0 Å². The van der Waals surface area contributed by atoms with E-state index in [2.05, 4.69) is 34.5 Å². The van der Waals surface area contributed by atoms with Crippen LogP contribution in [0.2, 0.25) is 5.15 Å². The lowest BCUT2D eigenvalue weighted by Gasteiger charge is -1.90. The molecule has 1 aromatic heterocycles. The van der Waals surface area contributed by atoms with Crippen LogP contribution in [0.25, 0.3) is 0 Å². The summed E-state index contributed by atoms with van der Waals surface area (Å²) in [4.78, 5) is 2.95. The molecule has 0 fully saturated rings. The second-order valence-electron chi connectivity index (χ2n) is 1.78. The maximum absolute atomic E-state index is 5.78. The van der Waals surface area contributed by atoms with Crippen molar-refractivity contribution in [3.05, 3.63) is 20.5 Å². The van der Waals surface area contributed by atoms with Gasteiger partial charge in [-0.2, -0.15) is 0 Å². The Hall–Kier alpha value is 0.300. The number of aromatic amines is 1. The molecule has 0 amide bonds. The zero-order valence-corrected chi connectivity index (χ0v) is 7.95. The molecule has 0 radical (unpaired) electrons. The lowest BCUT2D eigenvalue weighted by atomic mass is 10.3. The predicted molar refractivity (Wildman–Crippen MR) is 47.9 cm³/mol. The average molecular weight is 255 g/mol. The highest BCUT2D eigenvalue weighted by atomic mass is 127. The van der Waals surface area contributed by atoms with E-state index in [-0.39, 0.29) is 0 Å². The van der Waals surface area contributed by atoms with Crippen LogP contribution < -0.4 is 0 Å². The molecule has 1 N–H and O–H groups in total. The SMILES string of the molecule is CCc1c(I)c[nH]c1Cl. The summed E-state index contributed by atoms with van der Waals surface area (Å²) in [5.41, 5.74) is 1.22. The van der Waals surface area contributed by atoms with E-state index in [0.717, 1.165) is 11.6 Å². The van der Waals surface area contributed by atoms with Crippen molar-refractivity contribution >= 4 is 34.2 Å². The van der Waals surface area contributed by atoms with Crippen LogP contribution in [0.1, 0.15) is 12.5 Å². The molecule has 3 heteroatoms. The topological polar surface area (TPSA) is 15.8 Å². The lowest BCUT2D eigenvalue weighted by molar-refractivity contribution is 1.13. The average Bonchev–Trinajstić information content (AvgIpc) is 2.12. The predicted octanol–water partition coefficient (Wildman–Crippen LogP) is 2.84. The number of nitrogens with one attached hydrogen (secondary N) is 1. The number of H-pyrrole nitrogens is 1. The van der Waals surface area contributed by atoms with Gasteiger partial charge < -0.3 is 4.98 Å². The first-order chi connectivity index (χ1) is 4.25. The van der Waals surface area contributed by atoms with Gasteiger partial charge in [-0.15, -0.1) is 0 Å². The first-order valence-corrected chi connectivity index (χ1v) is 4.22. The van der Waals surface area contributed by atoms with Gasteiger partial charge in [0.05, 0.1) is 0 Å². The van der Waals surface area contributed by atoms with Gasteiger partial charge in [-0.05, 0) is 29.0 Å². The molecule has 9 heavy (non-hydrogen) atoms. The Kier molecular flexibility index (Phi) is 2.41. The van der Waals surface area contributed by atoms with Crippen LogP contribution in [-0.4, -0.2) is 4.98 Å². The molecule has 0 aliphatic rings. The number of rotatable bonds is 1. The zero-order valence-electron chi connectivity index (χ0n) is 5.04. The summed E-state index contributed by atoms with van der Waals surface area (Å²) < 4.78 is 1.22. The minimum Gasteiger partial charge on any atom is -0.351 e. The van der Waals surface area contributed by atoms with Crippen molar-refractivity contribution in [1.29, 1.82) is 0 Å². The van der Waals surface area contributed by atoms with Crippen molar-refractivity contribution in [2.75, 3.05) is 0 Å². The Bertz CT molecular complexity index is 187. The second-order valence-corrected chi connectivity index (χ2v) is 3.32. The Balaban J connectivity index is 3.07. The fourth-order valence-electron chi connectivity index (χ4n) is 0.730. The van der Waals surface area contributed by atoms with Crippen molar-refractivity contribution in [2.24, 2.45) is 0 Å². The third-order valence-corrected chi connectivity index (χ3v) is 2.53. The Labute approximate surface area is 72.9 Å². The van der Waals surface area contributed by atoms with E-state index in [0.29, 0.717) is 0 Å². The molecule has 1 heterocycles. The number of hydrogen-bond acceptors (Lipinski definition) is 0. The Morgan fingerprint density at radius 3 is 2.67 bits per heavy atom. The van der Waals surface area contributed by atoms with Crippen LogP contribution in [0.5, 0.6) is 0 Å². The first kappa shape index (κ1) is 7.41. The van der Waals surface area contributed by atoms with E-state index >= 15 is 0 Å². The van der Waals surface area contributed by atoms with Crippen LogP contribution in [0, 0.1) is 3.57 Å². The lowest BCUT2D eigenvalue weighted by Crippen LogP contribution is -1.77. The summed E-state index contributed by atoms with van der Waals surface area (Å²) in [6.45, 7) is 2.09. The summed E-state index contributed by atoms with van der Waals surface area (Å²) in [6, 6.07) is 0. The van der Waals surface area contributed by atoms with Gasteiger partial charge in [-0.25, -0.2) is 0 Å². The van der Waals surface area contributed by atoms with Crippen LogP contribution in [0.15, 0.2) is 6.20 Å². The maximum atomic E-state index is 5.78. The molecule has 0 aliphatic heterocycles. The van der Waals surface area contributed by atoms with E-state index in [4.69, 9.17) is 11.6 Å². The minimum atomic E-state index is 0.780. The fourth-order valence-corrected chi connectivity index (χ4v) is 1.99. The molecule has 1 rings (SSSR count). The molecule has 1 nitrogen and oxygen atoms in total. The molecule has 0 atom stereocenters. The van der Waals surface area contributed by atoms with Gasteiger partial charge in [-0.1, -0.05) is 18.5 Å². The van der Waals surface area contributed by atoms with E-state index in [9.17, 15) is 0 Å². The highest BCUT2D eigenvalue weighted by Crippen LogP contribution is 2.20. The molecule has 0 saturated carbocycles. The third-order valence-electron chi connectivity index (χ3n) is 1.23. The molecule has 0 saturated heterocycles. The summed E-state index contributed by atoms with van der Waals surface area (Å²) in [7, 11) is 0. The Morgan fingerprint density at radius 1 is 1.78 bits per heavy atom. The largest absolute Gasteiger partial charge is 0.351 e. The van der Waals surface area contributed by atoms with E-state index in [1.54, 1.807) is 0 Å². The summed E-state index contributed by atoms with van der Waals surface area (Å²) in [6.07, 6.45) is 2.92. The molecule has 1 aromatic rings. The van der Waals surface area contributed by atoms with Gasteiger partial charge >= 0.3 is 0 Å². The first-order valence-electron chi connectivity index (χ1n) is 2.77. The molecule has 0 spiro atoms. The van der Waals surface area contributed by atoms with E-state index in [1.165, 1.54) is 9.13 Å². The van der Waals surface area contributed by atoms with Crippen molar-refractivity contribution < 1.29 is 0 Å². The van der Waals surface area contributed by atoms with Gasteiger partial charge in [-0.3, -0.25) is 0 Å². The highest BCUT2D eigenvalue weighted by Gasteiger charge is 2.02. The van der Waals surface area contributed by atoms with Crippen molar-refractivity contribution in [3.63, 3.8) is 0 Å². The highest BCUT2D eigenvalue weighted by molar-refractivity contribution is 14.1. The van der Waals surface area contributed by atoms with Crippen molar-refractivity contribution in [3.8, 4) is 0 Å².